The Bertz CT molecular complexity index is 623. The van der Waals surface area contributed by atoms with Crippen LogP contribution in [0.5, 0.6) is 5.75 Å². The molecule has 0 aromatic heterocycles. The number of methoxy groups -OCH3 is 1. The van der Waals surface area contributed by atoms with Crippen molar-refractivity contribution in [1.82, 2.24) is 15.5 Å². The Morgan fingerprint density at radius 1 is 1.25 bits per heavy atom. The topological polar surface area (TPSA) is 69.1 Å². The largest absolute Gasteiger partial charge is 0.497 e. The molecule has 0 amide bonds. The van der Waals surface area contributed by atoms with E-state index in [0.29, 0.717) is 6.04 Å². The van der Waals surface area contributed by atoms with Crippen LogP contribution in [-0.4, -0.2) is 61.4 Å². The third-order valence-corrected chi connectivity index (χ3v) is 5.86. The van der Waals surface area contributed by atoms with E-state index in [1.165, 1.54) is 18.4 Å². The molecule has 1 saturated heterocycles. The SMILES string of the molecule is CCNC(=NCC(c1cccc(OC)c1)N1CCCC1)NC1CCC(O)CC1. The molecule has 156 valence electrons. The smallest absolute Gasteiger partial charge is 0.191 e. The lowest BCUT2D eigenvalue weighted by Gasteiger charge is -2.29. The molecule has 6 heteroatoms. The van der Waals surface area contributed by atoms with Gasteiger partial charge in [0.1, 0.15) is 5.75 Å². The van der Waals surface area contributed by atoms with Gasteiger partial charge >= 0.3 is 0 Å². The molecule has 2 aliphatic rings. The minimum atomic E-state index is -0.134. The number of aliphatic hydroxyl groups is 1. The van der Waals surface area contributed by atoms with Crippen LogP contribution < -0.4 is 15.4 Å². The van der Waals surface area contributed by atoms with Gasteiger partial charge in [-0.25, -0.2) is 0 Å². The summed E-state index contributed by atoms with van der Waals surface area (Å²) in [5.74, 6) is 1.78. The minimum absolute atomic E-state index is 0.134. The molecule has 1 unspecified atom stereocenters. The molecule has 0 bridgehead atoms. The summed E-state index contributed by atoms with van der Waals surface area (Å²) in [4.78, 5) is 7.49. The molecule has 1 heterocycles. The molecule has 1 aromatic carbocycles. The van der Waals surface area contributed by atoms with E-state index in [2.05, 4.69) is 40.7 Å². The van der Waals surface area contributed by atoms with E-state index in [4.69, 9.17) is 9.73 Å². The Hall–Kier alpha value is -1.79. The summed E-state index contributed by atoms with van der Waals surface area (Å²) in [5, 5.41) is 16.7. The maximum atomic E-state index is 9.74. The average Bonchev–Trinajstić information content (AvgIpc) is 3.24. The van der Waals surface area contributed by atoms with E-state index in [0.717, 1.165) is 63.6 Å². The number of aliphatic hydroxyl groups excluding tert-OH is 1. The van der Waals surface area contributed by atoms with Gasteiger partial charge in [0.15, 0.2) is 5.96 Å². The van der Waals surface area contributed by atoms with E-state index < -0.39 is 0 Å². The lowest BCUT2D eigenvalue weighted by molar-refractivity contribution is 0.120. The molecule has 1 aliphatic heterocycles. The van der Waals surface area contributed by atoms with Gasteiger partial charge < -0.3 is 20.5 Å². The summed E-state index contributed by atoms with van der Waals surface area (Å²) in [5.41, 5.74) is 1.27. The number of benzene rings is 1. The molecule has 0 radical (unpaired) electrons. The molecule has 1 saturated carbocycles. The highest BCUT2D eigenvalue weighted by atomic mass is 16.5. The number of hydrogen-bond donors (Lipinski definition) is 3. The van der Waals surface area contributed by atoms with Gasteiger partial charge in [0.2, 0.25) is 0 Å². The summed E-state index contributed by atoms with van der Waals surface area (Å²) in [7, 11) is 1.72. The lowest BCUT2D eigenvalue weighted by Crippen LogP contribution is -2.45. The molecule has 2 fully saturated rings. The van der Waals surface area contributed by atoms with Crippen LogP contribution in [0.1, 0.15) is 57.1 Å². The highest BCUT2D eigenvalue weighted by molar-refractivity contribution is 5.80. The molecule has 1 aliphatic carbocycles. The first-order valence-corrected chi connectivity index (χ1v) is 10.8. The van der Waals surface area contributed by atoms with Crippen molar-refractivity contribution >= 4 is 5.96 Å². The van der Waals surface area contributed by atoms with Crippen molar-refractivity contribution in [3.63, 3.8) is 0 Å². The first-order valence-electron chi connectivity index (χ1n) is 10.8. The van der Waals surface area contributed by atoms with Crippen LogP contribution in [0, 0.1) is 0 Å². The molecular formula is C22H36N4O2. The van der Waals surface area contributed by atoms with Crippen molar-refractivity contribution in [3.8, 4) is 5.75 Å². The Kier molecular flexibility index (Phi) is 7.98. The summed E-state index contributed by atoms with van der Waals surface area (Å²) in [6.45, 7) is 5.91. The van der Waals surface area contributed by atoms with Crippen LogP contribution in [0.25, 0.3) is 0 Å². The Morgan fingerprint density at radius 2 is 2.00 bits per heavy atom. The molecule has 6 nitrogen and oxygen atoms in total. The molecular weight excluding hydrogens is 352 g/mol. The number of aliphatic imine (C=N–C) groups is 1. The van der Waals surface area contributed by atoms with Gasteiger partial charge in [-0.2, -0.15) is 0 Å². The third kappa shape index (κ3) is 5.85. The fourth-order valence-corrected chi connectivity index (χ4v) is 4.25. The second-order valence-corrected chi connectivity index (χ2v) is 7.90. The van der Waals surface area contributed by atoms with E-state index in [9.17, 15) is 5.11 Å². The van der Waals surface area contributed by atoms with Crippen LogP contribution in [0.2, 0.25) is 0 Å². The number of guanidine groups is 1. The van der Waals surface area contributed by atoms with Crippen molar-refractivity contribution in [1.29, 1.82) is 0 Å². The van der Waals surface area contributed by atoms with E-state index in [-0.39, 0.29) is 12.1 Å². The minimum Gasteiger partial charge on any atom is -0.497 e. The van der Waals surface area contributed by atoms with Gasteiger partial charge in [0.05, 0.1) is 25.8 Å². The summed E-state index contributed by atoms with van der Waals surface area (Å²) in [6, 6.07) is 9.05. The van der Waals surface area contributed by atoms with Crippen LogP contribution in [-0.2, 0) is 0 Å². The molecule has 0 spiro atoms. The van der Waals surface area contributed by atoms with Crippen LogP contribution >= 0.6 is 0 Å². The standard InChI is InChI=1S/C22H36N4O2/c1-3-23-22(25-18-9-11-19(27)12-10-18)24-16-21(26-13-4-5-14-26)17-7-6-8-20(15-17)28-2/h6-8,15,18-19,21,27H,3-5,9-14,16H2,1-2H3,(H2,23,24,25). The summed E-state index contributed by atoms with van der Waals surface area (Å²) < 4.78 is 5.44. The summed E-state index contributed by atoms with van der Waals surface area (Å²) in [6.07, 6.45) is 6.12. The lowest BCUT2D eigenvalue weighted by atomic mass is 9.93. The zero-order valence-electron chi connectivity index (χ0n) is 17.4. The number of ether oxygens (including phenoxy) is 1. The quantitative estimate of drug-likeness (QED) is 0.495. The highest BCUT2D eigenvalue weighted by Crippen LogP contribution is 2.28. The second kappa shape index (κ2) is 10.7. The number of hydrogen-bond acceptors (Lipinski definition) is 4. The average molecular weight is 389 g/mol. The van der Waals surface area contributed by atoms with Gasteiger partial charge in [-0.05, 0) is 76.2 Å². The molecule has 1 atom stereocenters. The monoisotopic (exact) mass is 388 g/mol. The molecule has 3 rings (SSSR count). The van der Waals surface area contributed by atoms with E-state index in [1.54, 1.807) is 7.11 Å². The highest BCUT2D eigenvalue weighted by Gasteiger charge is 2.24. The van der Waals surface area contributed by atoms with Crippen molar-refractivity contribution in [2.45, 2.75) is 63.6 Å². The predicted octanol–water partition coefficient (Wildman–Crippen LogP) is 2.69. The molecule has 28 heavy (non-hydrogen) atoms. The van der Waals surface area contributed by atoms with Crippen molar-refractivity contribution < 1.29 is 9.84 Å². The van der Waals surface area contributed by atoms with Crippen LogP contribution in [0.15, 0.2) is 29.3 Å². The van der Waals surface area contributed by atoms with Crippen LogP contribution in [0.4, 0.5) is 0 Å². The maximum Gasteiger partial charge on any atom is 0.191 e. The fraction of sp³-hybridized carbons (Fsp3) is 0.682. The second-order valence-electron chi connectivity index (χ2n) is 7.90. The molecule has 3 N–H and O–H groups in total. The third-order valence-electron chi connectivity index (χ3n) is 5.86. The number of nitrogens with one attached hydrogen (secondary N) is 2. The molecule has 1 aromatic rings. The Balaban J connectivity index is 1.71. The van der Waals surface area contributed by atoms with Crippen molar-refractivity contribution in [2.75, 3.05) is 33.3 Å². The normalized spacial score (nSPS) is 24.8. The first kappa shape index (κ1) is 20.9. The number of rotatable bonds is 7. The predicted molar refractivity (Wildman–Crippen MR) is 114 cm³/mol. The van der Waals surface area contributed by atoms with Gasteiger partial charge in [0, 0.05) is 12.6 Å². The Labute approximate surface area is 169 Å². The van der Waals surface area contributed by atoms with Gasteiger partial charge in [0.25, 0.3) is 0 Å². The fourth-order valence-electron chi connectivity index (χ4n) is 4.25. The zero-order chi connectivity index (χ0) is 19.8. The summed E-state index contributed by atoms with van der Waals surface area (Å²) >= 11 is 0. The van der Waals surface area contributed by atoms with E-state index in [1.807, 2.05) is 6.07 Å². The number of likely N-dealkylation sites (tertiary alicyclic amines) is 1. The first-order chi connectivity index (χ1) is 13.7. The van der Waals surface area contributed by atoms with Crippen molar-refractivity contribution in [2.24, 2.45) is 4.99 Å². The van der Waals surface area contributed by atoms with Gasteiger partial charge in [-0.3, -0.25) is 9.89 Å². The van der Waals surface area contributed by atoms with E-state index >= 15 is 0 Å². The maximum absolute atomic E-state index is 9.74. The number of nitrogens with zero attached hydrogens (tertiary/aromatic N) is 2. The zero-order valence-corrected chi connectivity index (χ0v) is 17.4. The Morgan fingerprint density at radius 3 is 2.68 bits per heavy atom. The van der Waals surface area contributed by atoms with Crippen molar-refractivity contribution in [3.05, 3.63) is 29.8 Å². The van der Waals surface area contributed by atoms with Crippen LogP contribution in [0.3, 0.4) is 0 Å². The van der Waals surface area contributed by atoms with Gasteiger partial charge in [-0.15, -0.1) is 0 Å². The van der Waals surface area contributed by atoms with Gasteiger partial charge in [-0.1, -0.05) is 12.1 Å².